The summed E-state index contributed by atoms with van der Waals surface area (Å²) in [7, 11) is 4.60. The molecule has 2 aliphatic rings. The molecule has 3 heterocycles. The molecule has 3 aromatic carbocycles. The Bertz CT molecular complexity index is 1870. The third-order valence-electron chi connectivity index (χ3n) is 8.95. The summed E-state index contributed by atoms with van der Waals surface area (Å²) in [4.78, 5) is 44.4. The van der Waals surface area contributed by atoms with E-state index in [1.165, 1.54) is 19.1 Å². The van der Waals surface area contributed by atoms with Crippen molar-refractivity contribution in [1.29, 1.82) is 0 Å². The fourth-order valence-electron chi connectivity index (χ4n) is 6.43. The Hall–Kier alpha value is -5.23. The van der Waals surface area contributed by atoms with E-state index < -0.39 is 12.1 Å². The van der Waals surface area contributed by atoms with Gasteiger partial charge in [-0.3, -0.25) is 14.4 Å². The molecular formula is C37H41N3O9. The number of ether oxygens (including phenoxy) is 5. The number of rotatable bonds is 6. The molecule has 0 spiro atoms. The van der Waals surface area contributed by atoms with E-state index in [4.69, 9.17) is 28.1 Å². The molecule has 1 saturated heterocycles. The van der Waals surface area contributed by atoms with Gasteiger partial charge in [0.25, 0.3) is 11.8 Å². The Kier molecular flexibility index (Phi) is 9.95. The highest BCUT2D eigenvalue weighted by molar-refractivity contribution is 6.01. The molecule has 2 aliphatic heterocycles. The second-order valence-electron chi connectivity index (χ2n) is 12.1. The SMILES string of the molecule is CCCN1CC(=O)N[C@H]2CCN(C(=O)c3oc4c(OC)c(OC)ccc4c3C)C[C@@H]2OCc2cccc(c2)Oc2cc(ccc2OC)C1=O. The van der Waals surface area contributed by atoms with Crippen molar-refractivity contribution in [1.82, 2.24) is 15.1 Å². The van der Waals surface area contributed by atoms with Gasteiger partial charge in [0.1, 0.15) is 5.75 Å². The molecule has 3 amide bonds. The van der Waals surface area contributed by atoms with Crippen LogP contribution in [0.4, 0.5) is 0 Å². The Labute approximate surface area is 284 Å². The number of carbonyl (C=O) groups is 3. The zero-order valence-electron chi connectivity index (χ0n) is 28.4. The van der Waals surface area contributed by atoms with Crippen LogP contribution in [0.15, 0.2) is 59.0 Å². The second kappa shape index (κ2) is 14.5. The van der Waals surface area contributed by atoms with E-state index in [0.717, 1.165) is 10.9 Å². The van der Waals surface area contributed by atoms with Gasteiger partial charge in [-0.15, -0.1) is 0 Å². The molecule has 12 heteroatoms. The van der Waals surface area contributed by atoms with Gasteiger partial charge in [0.05, 0.1) is 46.6 Å². The van der Waals surface area contributed by atoms with Crippen molar-refractivity contribution in [3.63, 3.8) is 0 Å². The van der Waals surface area contributed by atoms with Crippen LogP contribution in [0.3, 0.4) is 0 Å². The van der Waals surface area contributed by atoms with Gasteiger partial charge in [0, 0.05) is 36.1 Å². The van der Waals surface area contributed by atoms with Crippen LogP contribution < -0.4 is 24.3 Å². The third-order valence-corrected chi connectivity index (χ3v) is 8.95. The smallest absolute Gasteiger partial charge is 0.289 e. The first kappa shape index (κ1) is 33.7. The standard InChI is InChI=1S/C37H41N3O9/c1-6-15-39-20-32(41)38-27-14-16-40(37(43)33-22(2)26-11-13-29(45-4)35(46-5)34(26)49-33)19-31(27)47-21-23-8-7-9-25(17-23)48-30-18-24(36(39)42)10-12-28(30)44-3/h7-13,17-18,27,31H,6,14-16,19-21H2,1-5H3,(H,38,41)/t27-,31-/m0/s1. The monoisotopic (exact) mass is 671 g/mol. The fourth-order valence-corrected chi connectivity index (χ4v) is 6.43. The molecular weight excluding hydrogens is 630 g/mol. The number of benzene rings is 3. The average molecular weight is 672 g/mol. The van der Waals surface area contributed by atoms with E-state index in [2.05, 4.69) is 5.32 Å². The minimum Gasteiger partial charge on any atom is -0.493 e. The van der Waals surface area contributed by atoms with Gasteiger partial charge in [-0.1, -0.05) is 19.1 Å². The van der Waals surface area contributed by atoms with Crippen molar-refractivity contribution in [2.24, 2.45) is 0 Å². The average Bonchev–Trinajstić information content (AvgIpc) is 3.45. The topological polar surface area (TPSA) is 129 Å². The molecule has 2 atom stereocenters. The Morgan fingerprint density at radius 1 is 1.00 bits per heavy atom. The van der Waals surface area contributed by atoms with E-state index in [0.29, 0.717) is 71.4 Å². The molecule has 4 aromatic rings. The molecule has 1 aromatic heterocycles. The maximum Gasteiger partial charge on any atom is 0.289 e. The number of methoxy groups -OCH3 is 3. The van der Waals surface area contributed by atoms with Gasteiger partial charge in [0.2, 0.25) is 11.7 Å². The van der Waals surface area contributed by atoms with Crippen LogP contribution in [0.2, 0.25) is 0 Å². The molecule has 1 fully saturated rings. The largest absolute Gasteiger partial charge is 0.493 e. The van der Waals surface area contributed by atoms with Gasteiger partial charge < -0.3 is 43.2 Å². The highest BCUT2D eigenvalue weighted by Gasteiger charge is 2.36. The lowest BCUT2D eigenvalue weighted by Gasteiger charge is -2.38. The number of carbonyl (C=O) groups excluding carboxylic acids is 3. The highest BCUT2D eigenvalue weighted by atomic mass is 16.5. The quantitative estimate of drug-likeness (QED) is 0.289. The Balaban J connectivity index is 1.30. The van der Waals surface area contributed by atoms with Crippen LogP contribution in [0.1, 0.15) is 51.8 Å². The molecule has 0 radical (unpaired) electrons. The van der Waals surface area contributed by atoms with E-state index in [1.807, 2.05) is 44.2 Å². The lowest BCUT2D eigenvalue weighted by Crippen LogP contribution is -2.57. The predicted octanol–water partition coefficient (Wildman–Crippen LogP) is 5.34. The molecule has 0 saturated carbocycles. The van der Waals surface area contributed by atoms with Crippen molar-refractivity contribution in [2.45, 2.75) is 45.4 Å². The number of hydrogen-bond acceptors (Lipinski definition) is 9. The summed E-state index contributed by atoms with van der Waals surface area (Å²) < 4.78 is 35.3. The fraction of sp³-hybridized carbons (Fsp3) is 0.378. The van der Waals surface area contributed by atoms with Crippen molar-refractivity contribution in [2.75, 3.05) is 47.5 Å². The van der Waals surface area contributed by atoms with E-state index >= 15 is 0 Å². The number of furan rings is 1. The molecule has 6 rings (SSSR count). The molecule has 12 nitrogen and oxygen atoms in total. The van der Waals surface area contributed by atoms with Crippen molar-refractivity contribution in [3.05, 3.63) is 77.0 Å². The number of aryl methyl sites for hydroxylation is 1. The number of nitrogens with zero attached hydrogens (tertiary/aromatic N) is 2. The van der Waals surface area contributed by atoms with Crippen molar-refractivity contribution >= 4 is 28.7 Å². The summed E-state index contributed by atoms with van der Waals surface area (Å²) in [5.41, 5.74) is 2.33. The molecule has 1 N–H and O–H groups in total. The normalized spacial score (nSPS) is 18.4. The summed E-state index contributed by atoms with van der Waals surface area (Å²) in [5, 5.41) is 3.86. The first-order valence-corrected chi connectivity index (χ1v) is 16.3. The van der Waals surface area contributed by atoms with Crippen LogP contribution in [0, 0.1) is 6.92 Å². The Morgan fingerprint density at radius 2 is 1.80 bits per heavy atom. The van der Waals surface area contributed by atoms with Gasteiger partial charge in [0.15, 0.2) is 28.6 Å². The molecule has 49 heavy (non-hydrogen) atoms. The molecule has 0 aliphatic carbocycles. The maximum atomic E-state index is 14.0. The summed E-state index contributed by atoms with van der Waals surface area (Å²) in [5.74, 6) is 1.59. The minimum atomic E-state index is -0.554. The Morgan fingerprint density at radius 3 is 2.55 bits per heavy atom. The lowest BCUT2D eigenvalue weighted by atomic mass is 10.0. The van der Waals surface area contributed by atoms with E-state index in [-0.39, 0.29) is 43.2 Å². The number of likely N-dealkylation sites (tertiary alicyclic amines) is 1. The maximum absolute atomic E-state index is 14.0. The number of hydrogen-bond donors (Lipinski definition) is 1. The number of nitrogens with one attached hydrogen (secondary N) is 1. The predicted molar refractivity (Wildman–Crippen MR) is 181 cm³/mol. The molecule has 4 bridgehead atoms. The van der Waals surface area contributed by atoms with Gasteiger partial charge in [-0.25, -0.2) is 0 Å². The molecule has 0 unspecified atom stereocenters. The van der Waals surface area contributed by atoms with Crippen molar-refractivity contribution < 1.29 is 42.5 Å². The van der Waals surface area contributed by atoms with Crippen molar-refractivity contribution in [3.8, 4) is 28.7 Å². The zero-order valence-corrected chi connectivity index (χ0v) is 28.4. The summed E-state index contributed by atoms with van der Waals surface area (Å²) in [6.07, 6.45) is 0.546. The van der Waals surface area contributed by atoms with E-state index in [9.17, 15) is 14.4 Å². The van der Waals surface area contributed by atoms with Crippen LogP contribution in [-0.4, -0.2) is 87.2 Å². The lowest BCUT2D eigenvalue weighted by molar-refractivity contribution is -0.124. The van der Waals surface area contributed by atoms with Crippen LogP contribution >= 0.6 is 0 Å². The zero-order chi connectivity index (χ0) is 34.7. The summed E-state index contributed by atoms with van der Waals surface area (Å²) in [6.45, 7) is 4.80. The number of fused-ring (bicyclic) bond motifs is 6. The summed E-state index contributed by atoms with van der Waals surface area (Å²) in [6, 6.07) is 15.6. The number of amides is 3. The third kappa shape index (κ3) is 6.86. The van der Waals surface area contributed by atoms with E-state index in [1.54, 1.807) is 36.3 Å². The number of piperidine rings is 1. The molecule has 258 valence electrons. The first-order chi connectivity index (χ1) is 23.7. The van der Waals surface area contributed by atoms with Gasteiger partial charge >= 0.3 is 0 Å². The summed E-state index contributed by atoms with van der Waals surface area (Å²) >= 11 is 0. The van der Waals surface area contributed by atoms with Gasteiger partial charge in [-0.05, 0) is 67.8 Å². The van der Waals surface area contributed by atoms with Gasteiger partial charge in [-0.2, -0.15) is 0 Å². The highest BCUT2D eigenvalue weighted by Crippen LogP contribution is 2.40. The first-order valence-electron chi connectivity index (χ1n) is 16.3. The second-order valence-corrected chi connectivity index (χ2v) is 12.1. The van der Waals surface area contributed by atoms with Crippen LogP contribution in [0.5, 0.6) is 28.7 Å². The minimum absolute atomic E-state index is 0.136. The van der Waals surface area contributed by atoms with Crippen LogP contribution in [-0.2, 0) is 16.1 Å². The van der Waals surface area contributed by atoms with Crippen LogP contribution in [0.25, 0.3) is 11.0 Å².